The number of ether oxygens (including phenoxy) is 1. The van der Waals surface area contributed by atoms with Crippen molar-refractivity contribution in [2.24, 2.45) is 0 Å². The molecular weight excluding hydrogens is 352 g/mol. The zero-order valence-electron chi connectivity index (χ0n) is 10.7. The lowest BCUT2D eigenvalue weighted by atomic mass is 10.2. The van der Waals surface area contributed by atoms with Crippen LogP contribution < -0.4 is 4.74 Å². The SMILES string of the molecule is N#Cc1cc(Br)ccc1Oc1ccc(Cl)c2cccnc12. The van der Waals surface area contributed by atoms with Crippen LogP contribution in [0.3, 0.4) is 0 Å². The number of aromatic nitrogens is 1. The summed E-state index contributed by atoms with van der Waals surface area (Å²) in [6.07, 6.45) is 1.68. The second-order valence-corrected chi connectivity index (χ2v) is 5.62. The highest BCUT2D eigenvalue weighted by Crippen LogP contribution is 2.34. The van der Waals surface area contributed by atoms with Gasteiger partial charge in [0, 0.05) is 16.1 Å². The third kappa shape index (κ3) is 2.71. The van der Waals surface area contributed by atoms with Crippen LogP contribution in [0.4, 0.5) is 0 Å². The lowest BCUT2D eigenvalue weighted by Gasteiger charge is -2.10. The van der Waals surface area contributed by atoms with Crippen molar-refractivity contribution in [2.75, 3.05) is 0 Å². The van der Waals surface area contributed by atoms with Crippen LogP contribution >= 0.6 is 27.5 Å². The minimum Gasteiger partial charge on any atom is -0.454 e. The Kier molecular flexibility index (Phi) is 3.78. The topological polar surface area (TPSA) is 45.9 Å². The first-order valence-electron chi connectivity index (χ1n) is 6.10. The van der Waals surface area contributed by atoms with Gasteiger partial charge >= 0.3 is 0 Å². The molecule has 3 nitrogen and oxygen atoms in total. The Morgan fingerprint density at radius 3 is 2.76 bits per heavy atom. The molecule has 0 spiro atoms. The van der Waals surface area contributed by atoms with Crippen molar-refractivity contribution in [3.63, 3.8) is 0 Å². The molecule has 3 rings (SSSR count). The van der Waals surface area contributed by atoms with E-state index in [1.54, 1.807) is 30.5 Å². The largest absolute Gasteiger partial charge is 0.454 e. The summed E-state index contributed by atoms with van der Waals surface area (Å²) in [4.78, 5) is 4.31. The van der Waals surface area contributed by atoms with E-state index >= 15 is 0 Å². The van der Waals surface area contributed by atoms with Crippen molar-refractivity contribution in [3.8, 4) is 17.6 Å². The molecule has 5 heteroatoms. The van der Waals surface area contributed by atoms with Crippen molar-refractivity contribution >= 4 is 38.4 Å². The van der Waals surface area contributed by atoms with Gasteiger partial charge < -0.3 is 4.74 Å². The predicted octanol–water partition coefficient (Wildman–Crippen LogP) is 5.31. The number of hydrogen-bond acceptors (Lipinski definition) is 3. The molecule has 0 N–H and O–H groups in total. The molecule has 0 amide bonds. The monoisotopic (exact) mass is 358 g/mol. The van der Waals surface area contributed by atoms with Gasteiger partial charge in [-0.3, -0.25) is 4.98 Å². The maximum absolute atomic E-state index is 9.19. The van der Waals surface area contributed by atoms with Gasteiger partial charge in [0.25, 0.3) is 0 Å². The van der Waals surface area contributed by atoms with E-state index in [0.717, 1.165) is 9.86 Å². The normalized spacial score (nSPS) is 10.3. The number of hydrogen-bond donors (Lipinski definition) is 0. The molecule has 0 saturated carbocycles. The first-order chi connectivity index (χ1) is 10.2. The Morgan fingerprint density at radius 1 is 1.14 bits per heavy atom. The molecule has 0 radical (unpaired) electrons. The molecule has 102 valence electrons. The summed E-state index contributed by atoms with van der Waals surface area (Å²) in [5, 5.41) is 10.6. The molecule has 0 aliphatic carbocycles. The minimum atomic E-state index is 0.448. The van der Waals surface area contributed by atoms with E-state index in [-0.39, 0.29) is 0 Å². The number of rotatable bonds is 2. The summed E-state index contributed by atoms with van der Waals surface area (Å²) in [6, 6.07) is 14.6. The van der Waals surface area contributed by atoms with Crippen LogP contribution in [-0.2, 0) is 0 Å². The summed E-state index contributed by atoms with van der Waals surface area (Å²) < 4.78 is 6.68. The summed E-state index contributed by atoms with van der Waals surface area (Å²) in [5.74, 6) is 1.05. The van der Waals surface area contributed by atoms with Gasteiger partial charge in [-0.2, -0.15) is 5.26 Å². The average Bonchev–Trinajstić information content (AvgIpc) is 2.52. The van der Waals surface area contributed by atoms with Gasteiger partial charge in [0.2, 0.25) is 0 Å². The number of fused-ring (bicyclic) bond motifs is 1. The number of nitrogens with zero attached hydrogens (tertiary/aromatic N) is 2. The standard InChI is InChI=1S/C16H8BrClN2O/c17-11-3-5-14(10(8-11)9-19)21-15-6-4-13(18)12-2-1-7-20-16(12)15/h1-8H. The molecule has 0 fully saturated rings. The second-order valence-electron chi connectivity index (χ2n) is 4.30. The number of halogens is 2. The van der Waals surface area contributed by atoms with Crippen molar-refractivity contribution < 1.29 is 4.74 Å². The molecule has 0 atom stereocenters. The van der Waals surface area contributed by atoms with Gasteiger partial charge in [0.15, 0.2) is 5.75 Å². The quantitative estimate of drug-likeness (QED) is 0.622. The van der Waals surface area contributed by atoms with Crippen LogP contribution in [0.5, 0.6) is 11.5 Å². The van der Waals surface area contributed by atoms with Crippen LogP contribution in [0.2, 0.25) is 5.02 Å². The van der Waals surface area contributed by atoms with Crippen LogP contribution in [0.1, 0.15) is 5.56 Å². The van der Waals surface area contributed by atoms with E-state index < -0.39 is 0 Å². The third-order valence-corrected chi connectivity index (χ3v) is 3.78. The van der Waals surface area contributed by atoms with Gasteiger partial charge in [-0.25, -0.2) is 0 Å². The lowest BCUT2D eigenvalue weighted by molar-refractivity contribution is 0.485. The van der Waals surface area contributed by atoms with E-state index in [0.29, 0.717) is 27.6 Å². The smallest absolute Gasteiger partial charge is 0.153 e. The van der Waals surface area contributed by atoms with Gasteiger partial charge in [-0.15, -0.1) is 0 Å². The van der Waals surface area contributed by atoms with E-state index in [2.05, 4.69) is 27.0 Å². The average molecular weight is 360 g/mol. The first kappa shape index (κ1) is 13.9. The Bertz CT molecular complexity index is 874. The van der Waals surface area contributed by atoms with Crippen LogP contribution in [-0.4, -0.2) is 4.98 Å². The maximum Gasteiger partial charge on any atom is 0.153 e. The molecule has 0 bridgehead atoms. The summed E-state index contributed by atoms with van der Waals surface area (Å²) in [6.45, 7) is 0. The fraction of sp³-hybridized carbons (Fsp3) is 0. The molecule has 3 aromatic rings. The fourth-order valence-electron chi connectivity index (χ4n) is 1.99. The molecule has 0 aliphatic heterocycles. The molecule has 1 aromatic heterocycles. The Labute approximate surface area is 134 Å². The first-order valence-corrected chi connectivity index (χ1v) is 7.27. The van der Waals surface area contributed by atoms with E-state index in [1.807, 2.05) is 18.2 Å². The highest BCUT2D eigenvalue weighted by Gasteiger charge is 2.10. The summed E-state index contributed by atoms with van der Waals surface area (Å²) in [7, 11) is 0. The van der Waals surface area contributed by atoms with Gasteiger partial charge in [0.1, 0.15) is 17.3 Å². The van der Waals surface area contributed by atoms with Crippen molar-refractivity contribution in [1.82, 2.24) is 4.98 Å². The molecule has 2 aromatic carbocycles. The van der Waals surface area contributed by atoms with Crippen LogP contribution in [0.15, 0.2) is 53.1 Å². The number of nitriles is 1. The van der Waals surface area contributed by atoms with Crippen molar-refractivity contribution in [3.05, 3.63) is 63.7 Å². The Balaban J connectivity index is 2.11. The minimum absolute atomic E-state index is 0.448. The number of pyridine rings is 1. The summed E-state index contributed by atoms with van der Waals surface area (Å²) >= 11 is 9.49. The summed E-state index contributed by atoms with van der Waals surface area (Å²) in [5.41, 5.74) is 1.11. The zero-order valence-corrected chi connectivity index (χ0v) is 13.0. The second kappa shape index (κ2) is 5.72. The van der Waals surface area contributed by atoms with Gasteiger partial charge in [0.05, 0.1) is 10.6 Å². The Morgan fingerprint density at radius 2 is 1.95 bits per heavy atom. The molecule has 0 unspecified atom stereocenters. The highest BCUT2D eigenvalue weighted by molar-refractivity contribution is 9.10. The molecule has 21 heavy (non-hydrogen) atoms. The molecule has 0 saturated heterocycles. The van der Waals surface area contributed by atoms with Gasteiger partial charge in [-0.05, 0) is 42.5 Å². The van der Waals surface area contributed by atoms with Crippen molar-refractivity contribution in [2.45, 2.75) is 0 Å². The lowest BCUT2D eigenvalue weighted by Crippen LogP contribution is -1.91. The van der Waals surface area contributed by atoms with Crippen LogP contribution in [0, 0.1) is 11.3 Å². The molecule has 1 heterocycles. The van der Waals surface area contributed by atoms with Crippen LogP contribution in [0.25, 0.3) is 10.9 Å². The Hall–Kier alpha value is -2.09. The molecule has 0 aliphatic rings. The van der Waals surface area contributed by atoms with Gasteiger partial charge in [-0.1, -0.05) is 27.5 Å². The molecular formula is C16H8BrClN2O. The highest BCUT2D eigenvalue weighted by atomic mass is 79.9. The third-order valence-electron chi connectivity index (χ3n) is 2.96. The maximum atomic E-state index is 9.19. The number of benzene rings is 2. The predicted molar refractivity (Wildman–Crippen MR) is 85.7 cm³/mol. The van der Waals surface area contributed by atoms with Crippen molar-refractivity contribution in [1.29, 1.82) is 5.26 Å². The van der Waals surface area contributed by atoms with E-state index in [4.69, 9.17) is 16.3 Å². The van der Waals surface area contributed by atoms with E-state index in [1.165, 1.54) is 0 Å². The van der Waals surface area contributed by atoms with E-state index in [9.17, 15) is 5.26 Å². The fourth-order valence-corrected chi connectivity index (χ4v) is 2.57. The zero-order chi connectivity index (χ0) is 14.8.